The van der Waals surface area contributed by atoms with Crippen molar-refractivity contribution in [1.29, 1.82) is 0 Å². The lowest BCUT2D eigenvalue weighted by molar-refractivity contribution is 0.0993. The maximum absolute atomic E-state index is 12.7. The number of carbonyl (C=O) groups excluding carboxylic acids is 1. The molecule has 0 saturated heterocycles. The molecule has 0 unspecified atom stereocenters. The van der Waals surface area contributed by atoms with Gasteiger partial charge < -0.3 is 20.1 Å². The van der Waals surface area contributed by atoms with E-state index < -0.39 is 0 Å². The average molecular weight is 300 g/mol. The van der Waals surface area contributed by atoms with E-state index in [0.717, 1.165) is 11.3 Å². The number of aryl methyl sites for hydroxylation is 1. The summed E-state index contributed by atoms with van der Waals surface area (Å²) in [5, 5.41) is 0. The summed E-state index contributed by atoms with van der Waals surface area (Å²) >= 11 is 0. The summed E-state index contributed by atoms with van der Waals surface area (Å²) in [6.45, 7) is 2.00. The molecule has 0 saturated carbocycles. The largest absolute Gasteiger partial charge is 0.493 e. The minimum atomic E-state index is -0.206. The molecule has 0 fully saturated rings. The summed E-state index contributed by atoms with van der Waals surface area (Å²) < 4.78 is 10.4. The molecule has 2 aromatic carbocycles. The second-order valence-corrected chi connectivity index (χ2v) is 4.99. The van der Waals surface area contributed by atoms with Gasteiger partial charge in [-0.05, 0) is 25.1 Å². The van der Waals surface area contributed by atoms with Crippen LogP contribution in [0.1, 0.15) is 15.9 Å². The summed E-state index contributed by atoms with van der Waals surface area (Å²) in [6, 6.07) is 10.9. The van der Waals surface area contributed by atoms with Gasteiger partial charge in [0.2, 0.25) is 0 Å². The molecule has 2 rings (SSSR count). The monoisotopic (exact) mass is 300 g/mol. The Morgan fingerprint density at radius 3 is 2.14 bits per heavy atom. The van der Waals surface area contributed by atoms with Crippen molar-refractivity contribution in [3.63, 3.8) is 0 Å². The van der Waals surface area contributed by atoms with Gasteiger partial charge in [-0.25, -0.2) is 0 Å². The molecule has 2 N–H and O–H groups in total. The van der Waals surface area contributed by atoms with Crippen molar-refractivity contribution >= 4 is 17.3 Å². The van der Waals surface area contributed by atoms with Gasteiger partial charge in [-0.15, -0.1) is 0 Å². The van der Waals surface area contributed by atoms with Gasteiger partial charge in [0.05, 0.1) is 19.8 Å². The predicted molar refractivity (Wildman–Crippen MR) is 87.9 cm³/mol. The molecule has 0 atom stereocenters. The van der Waals surface area contributed by atoms with Crippen LogP contribution in [0.2, 0.25) is 0 Å². The maximum Gasteiger partial charge on any atom is 0.260 e. The molecule has 1 amide bonds. The summed E-state index contributed by atoms with van der Waals surface area (Å²) in [4.78, 5) is 14.2. The van der Waals surface area contributed by atoms with Crippen LogP contribution in [0.25, 0.3) is 0 Å². The van der Waals surface area contributed by atoms with Crippen molar-refractivity contribution < 1.29 is 14.3 Å². The molecular formula is C17H20N2O3. The number of rotatable bonds is 4. The van der Waals surface area contributed by atoms with E-state index in [1.54, 1.807) is 24.1 Å². The number of anilines is 2. The van der Waals surface area contributed by atoms with Crippen molar-refractivity contribution in [2.45, 2.75) is 6.92 Å². The Morgan fingerprint density at radius 2 is 1.59 bits per heavy atom. The number of methoxy groups -OCH3 is 2. The van der Waals surface area contributed by atoms with Crippen molar-refractivity contribution in [3.05, 3.63) is 47.5 Å². The minimum Gasteiger partial charge on any atom is -0.493 e. The molecule has 116 valence electrons. The number of benzene rings is 2. The van der Waals surface area contributed by atoms with Crippen molar-refractivity contribution in [2.24, 2.45) is 0 Å². The normalized spacial score (nSPS) is 10.2. The molecule has 0 aromatic heterocycles. The van der Waals surface area contributed by atoms with E-state index in [9.17, 15) is 4.79 Å². The first-order chi connectivity index (χ1) is 10.5. The zero-order chi connectivity index (χ0) is 16.3. The van der Waals surface area contributed by atoms with Crippen LogP contribution in [-0.4, -0.2) is 27.2 Å². The van der Waals surface area contributed by atoms with E-state index in [2.05, 4.69) is 0 Å². The van der Waals surface area contributed by atoms with Crippen LogP contribution < -0.4 is 20.1 Å². The lowest BCUT2D eigenvalue weighted by Gasteiger charge is -2.19. The Balaban J connectivity index is 2.38. The highest BCUT2D eigenvalue weighted by molar-refractivity contribution is 6.09. The summed E-state index contributed by atoms with van der Waals surface area (Å²) in [6.07, 6.45) is 0. The lowest BCUT2D eigenvalue weighted by atomic mass is 10.1. The van der Waals surface area contributed by atoms with Crippen LogP contribution in [0.15, 0.2) is 36.4 Å². The molecule has 0 spiro atoms. The minimum absolute atomic E-state index is 0.206. The van der Waals surface area contributed by atoms with Gasteiger partial charge >= 0.3 is 0 Å². The van der Waals surface area contributed by atoms with Gasteiger partial charge in [0, 0.05) is 24.5 Å². The van der Waals surface area contributed by atoms with Gasteiger partial charge in [0.1, 0.15) is 0 Å². The molecule has 0 aliphatic heterocycles. The van der Waals surface area contributed by atoms with Gasteiger partial charge in [-0.3, -0.25) is 4.79 Å². The van der Waals surface area contributed by atoms with E-state index in [1.165, 1.54) is 14.2 Å². The average Bonchev–Trinajstić information content (AvgIpc) is 2.53. The summed E-state index contributed by atoms with van der Waals surface area (Å²) in [7, 11) is 4.76. The summed E-state index contributed by atoms with van der Waals surface area (Å²) in [5.41, 5.74) is 8.63. The molecule has 0 radical (unpaired) electrons. The number of ether oxygens (including phenoxy) is 2. The highest BCUT2D eigenvalue weighted by Crippen LogP contribution is 2.32. The fraction of sp³-hybridized carbons (Fsp3) is 0.235. The third-order valence-corrected chi connectivity index (χ3v) is 3.51. The molecule has 0 heterocycles. The van der Waals surface area contributed by atoms with Gasteiger partial charge in [-0.1, -0.05) is 17.7 Å². The van der Waals surface area contributed by atoms with Crippen molar-refractivity contribution in [1.82, 2.24) is 0 Å². The Labute approximate surface area is 130 Å². The van der Waals surface area contributed by atoms with Gasteiger partial charge in [-0.2, -0.15) is 0 Å². The molecule has 0 bridgehead atoms. The molecule has 0 aliphatic rings. The SMILES string of the molecule is COc1cc(N)c(C(=O)N(C)c2ccc(C)cc2)cc1OC. The van der Waals surface area contributed by atoms with Crippen LogP contribution in [0.3, 0.4) is 0 Å². The number of amides is 1. The molecular weight excluding hydrogens is 280 g/mol. The van der Waals surface area contributed by atoms with Crippen LogP contribution >= 0.6 is 0 Å². The highest BCUT2D eigenvalue weighted by atomic mass is 16.5. The van der Waals surface area contributed by atoms with E-state index in [-0.39, 0.29) is 5.91 Å². The summed E-state index contributed by atoms with van der Waals surface area (Å²) in [5.74, 6) is 0.759. The van der Waals surface area contributed by atoms with Crippen LogP contribution in [0.4, 0.5) is 11.4 Å². The van der Waals surface area contributed by atoms with E-state index in [4.69, 9.17) is 15.2 Å². The fourth-order valence-corrected chi connectivity index (χ4v) is 2.15. The number of nitrogens with zero attached hydrogens (tertiary/aromatic N) is 1. The van der Waals surface area contributed by atoms with Crippen molar-refractivity contribution in [3.8, 4) is 11.5 Å². The third kappa shape index (κ3) is 2.98. The second-order valence-electron chi connectivity index (χ2n) is 4.99. The first kappa shape index (κ1) is 15.7. The first-order valence-electron chi connectivity index (χ1n) is 6.84. The molecule has 2 aromatic rings. The maximum atomic E-state index is 12.7. The third-order valence-electron chi connectivity index (χ3n) is 3.51. The Hall–Kier alpha value is -2.69. The molecule has 0 aliphatic carbocycles. The number of nitrogens with two attached hydrogens (primary N) is 1. The molecule has 5 nitrogen and oxygen atoms in total. The standard InChI is InChI=1S/C17H20N2O3/c1-11-5-7-12(8-6-11)19(2)17(20)13-9-15(21-3)16(22-4)10-14(13)18/h5-10H,18H2,1-4H3. The predicted octanol–water partition coefficient (Wildman–Crippen LogP) is 2.87. The Kier molecular flexibility index (Phi) is 4.56. The lowest BCUT2D eigenvalue weighted by Crippen LogP contribution is -2.27. The second kappa shape index (κ2) is 6.39. The van der Waals surface area contributed by atoms with Crippen LogP contribution in [0, 0.1) is 6.92 Å². The zero-order valence-electron chi connectivity index (χ0n) is 13.2. The van der Waals surface area contributed by atoms with E-state index >= 15 is 0 Å². The quantitative estimate of drug-likeness (QED) is 0.882. The Morgan fingerprint density at radius 1 is 1.05 bits per heavy atom. The number of hydrogen-bond donors (Lipinski definition) is 1. The van der Waals surface area contributed by atoms with Gasteiger partial charge in [0.15, 0.2) is 11.5 Å². The molecule has 22 heavy (non-hydrogen) atoms. The topological polar surface area (TPSA) is 64.8 Å². The number of nitrogen functional groups attached to an aromatic ring is 1. The fourth-order valence-electron chi connectivity index (χ4n) is 2.15. The highest BCUT2D eigenvalue weighted by Gasteiger charge is 2.19. The van der Waals surface area contributed by atoms with E-state index in [1.807, 2.05) is 31.2 Å². The van der Waals surface area contributed by atoms with Crippen molar-refractivity contribution in [2.75, 3.05) is 31.9 Å². The number of carbonyl (C=O) groups is 1. The first-order valence-corrected chi connectivity index (χ1v) is 6.84. The zero-order valence-corrected chi connectivity index (χ0v) is 13.2. The van der Waals surface area contributed by atoms with E-state index in [0.29, 0.717) is 22.7 Å². The smallest absolute Gasteiger partial charge is 0.260 e. The van der Waals surface area contributed by atoms with Crippen LogP contribution in [-0.2, 0) is 0 Å². The van der Waals surface area contributed by atoms with Gasteiger partial charge in [0.25, 0.3) is 5.91 Å². The number of hydrogen-bond acceptors (Lipinski definition) is 4. The van der Waals surface area contributed by atoms with Crippen LogP contribution in [0.5, 0.6) is 11.5 Å². The molecule has 5 heteroatoms. The Bertz CT molecular complexity index is 681.